The number of rotatable bonds is 8. The highest BCUT2D eigenvalue weighted by Crippen LogP contribution is 2.38. The number of amides is 1. The van der Waals surface area contributed by atoms with E-state index < -0.39 is 11.7 Å². The van der Waals surface area contributed by atoms with Crippen LogP contribution in [0.5, 0.6) is 10.9 Å². The molecule has 2 aromatic heterocycles. The second-order valence-electron chi connectivity index (χ2n) is 6.40. The third-order valence-corrected chi connectivity index (χ3v) is 5.43. The number of nitrogens with zero attached hydrogens (tertiary/aromatic N) is 2. The van der Waals surface area contributed by atoms with Gasteiger partial charge < -0.3 is 15.8 Å². The minimum Gasteiger partial charge on any atom is -0.426 e. The molecule has 3 N–H and O–H groups in total. The zero-order valence-electron chi connectivity index (χ0n) is 15.4. The van der Waals surface area contributed by atoms with Crippen LogP contribution in [0.4, 0.5) is 4.39 Å². The Hall–Kier alpha value is -2.29. The number of aromatic nitrogens is 2. The third-order valence-electron chi connectivity index (χ3n) is 4.22. The molecule has 148 valence electrons. The molecular formula is C19H20ClFN4O2S. The number of primary amides is 1. The highest BCUT2D eigenvalue weighted by molar-refractivity contribution is 7.20. The van der Waals surface area contributed by atoms with Gasteiger partial charge in [-0.05, 0) is 25.5 Å². The molecule has 0 spiro atoms. The van der Waals surface area contributed by atoms with E-state index in [1.165, 1.54) is 11.3 Å². The van der Waals surface area contributed by atoms with Crippen molar-refractivity contribution in [3.8, 4) is 10.9 Å². The van der Waals surface area contributed by atoms with Gasteiger partial charge >= 0.3 is 0 Å². The molecule has 0 aliphatic carbocycles. The number of carbonyl (C=O) groups is 1. The zero-order valence-corrected chi connectivity index (χ0v) is 17.0. The van der Waals surface area contributed by atoms with E-state index in [9.17, 15) is 4.79 Å². The van der Waals surface area contributed by atoms with Crippen LogP contribution in [-0.2, 0) is 4.79 Å². The van der Waals surface area contributed by atoms with Gasteiger partial charge in [0.2, 0.25) is 5.91 Å². The maximum Gasteiger partial charge on any atom is 0.280 e. The number of fused-ring (bicyclic) bond motifs is 1. The van der Waals surface area contributed by atoms with Crippen molar-refractivity contribution in [3.63, 3.8) is 0 Å². The Morgan fingerprint density at radius 2 is 2.21 bits per heavy atom. The van der Waals surface area contributed by atoms with Crippen LogP contribution < -0.4 is 15.8 Å². The molecule has 9 heteroatoms. The Morgan fingerprint density at radius 3 is 2.89 bits per heavy atom. The fourth-order valence-corrected chi connectivity index (χ4v) is 3.91. The number of benzene rings is 1. The normalized spacial score (nSPS) is 13.4. The summed E-state index contributed by atoms with van der Waals surface area (Å²) in [5, 5.41) is 3.66. The summed E-state index contributed by atoms with van der Waals surface area (Å²) < 4.78 is 21.8. The lowest BCUT2D eigenvalue weighted by molar-refractivity contribution is -0.118. The van der Waals surface area contributed by atoms with Crippen LogP contribution in [0, 0.1) is 5.82 Å². The second kappa shape index (κ2) is 8.81. The van der Waals surface area contributed by atoms with Crippen molar-refractivity contribution < 1.29 is 13.9 Å². The number of halogens is 2. The average molecular weight is 423 g/mol. The van der Waals surface area contributed by atoms with Crippen molar-refractivity contribution in [2.24, 2.45) is 5.73 Å². The fraction of sp³-hybridized carbons (Fsp3) is 0.316. The summed E-state index contributed by atoms with van der Waals surface area (Å²) in [6.07, 6.45) is 4.04. The Labute approximate surface area is 170 Å². The molecule has 28 heavy (non-hydrogen) atoms. The molecule has 0 bridgehead atoms. The van der Waals surface area contributed by atoms with E-state index in [1.54, 1.807) is 24.5 Å². The van der Waals surface area contributed by atoms with E-state index in [2.05, 4.69) is 15.3 Å². The van der Waals surface area contributed by atoms with Crippen molar-refractivity contribution in [1.82, 2.24) is 15.3 Å². The van der Waals surface area contributed by atoms with Crippen molar-refractivity contribution >= 4 is 39.1 Å². The number of hydrogen-bond acceptors (Lipinski definition) is 6. The lowest BCUT2D eigenvalue weighted by Gasteiger charge is -2.23. The maximum atomic E-state index is 15.2. The quantitative estimate of drug-likeness (QED) is 0.554. The first-order chi connectivity index (χ1) is 13.4. The molecule has 0 unspecified atom stereocenters. The van der Waals surface area contributed by atoms with E-state index in [1.807, 2.05) is 19.9 Å². The Morgan fingerprint density at radius 1 is 1.43 bits per heavy atom. The standard InChI is InChI=1S/C19H20ClFN4O2S/c1-3-13(24-10(2)8-16(22)26)11-4-5-12(20)18(17(11)21)27-19-25-14-9-23-7-6-15(14)28-19/h4-7,9-10,13,24H,3,8H2,1-2H3,(H2,22,26)/t10-,13+/m0/s1. The molecule has 6 nitrogen and oxygen atoms in total. The van der Waals surface area contributed by atoms with Crippen molar-refractivity contribution in [3.05, 3.63) is 47.0 Å². The lowest BCUT2D eigenvalue weighted by atomic mass is 10.0. The van der Waals surface area contributed by atoms with Crippen LogP contribution >= 0.6 is 22.9 Å². The van der Waals surface area contributed by atoms with Gasteiger partial charge in [0.15, 0.2) is 11.6 Å². The first kappa shape index (κ1) is 20.4. The third kappa shape index (κ3) is 4.57. The Kier molecular flexibility index (Phi) is 6.43. The molecule has 0 fully saturated rings. The maximum absolute atomic E-state index is 15.2. The average Bonchev–Trinajstić information content (AvgIpc) is 3.05. The van der Waals surface area contributed by atoms with E-state index >= 15 is 4.39 Å². The van der Waals surface area contributed by atoms with Crippen molar-refractivity contribution in [2.75, 3.05) is 0 Å². The number of ether oxygens (including phenoxy) is 1. The topological polar surface area (TPSA) is 90.1 Å². The smallest absolute Gasteiger partial charge is 0.280 e. The van der Waals surface area contributed by atoms with E-state index in [0.29, 0.717) is 17.5 Å². The van der Waals surface area contributed by atoms with Gasteiger partial charge in [0.25, 0.3) is 5.19 Å². The van der Waals surface area contributed by atoms with Crippen LogP contribution in [-0.4, -0.2) is 21.9 Å². The van der Waals surface area contributed by atoms with Crippen molar-refractivity contribution in [1.29, 1.82) is 0 Å². The summed E-state index contributed by atoms with van der Waals surface area (Å²) in [5.74, 6) is -1.05. The van der Waals surface area contributed by atoms with E-state index in [-0.39, 0.29) is 34.5 Å². The number of nitrogens with two attached hydrogens (primary N) is 1. The van der Waals surface area contributed by atoms with Crippen LogP contribution in [0.2, 0.25) is 5.02 Å². The van der Waals surface area contributed by atoms with Gasteiger partial charge in [-0.3, -0.25) is 9.78 Å². The van der Waals surface area contributed by atoms with Crippen LogP contribution in [0.15, 0.2) is 30.6 Å². The molecule has 3 rings (SSSR count). The number of hydrogen-bond donors (Lipinski definition) is 2. The lowest BCUT2D eigenvalue weighted by Crippen LogP contribution is -2.34. The fourth-order valence-electron chi connectivity index (χ4n) is 2.93. The van der Waals surface area contributed by atoms with E-state index in [4.69, 9.17) is 22.1 Å². The van der Waals surface area contributed by atoms with Crippen LogP contribution in [0.1, 0.15) is 38.3 Å². The number of carbonyl (C=O) groups excluding carboxylic acids is 1. The molecule has 2 atom stereocenters. The Balaban J connectivity index is 1.89. The number of pyridine rings is 1. The minimum atomic E-state index is -0.560. The van der Waals surface area contributed by atoms with Gasteiger partial charge in [-0.15, -0.1) is 0 Å². The highest BCUT2D eigenvalue weighted by Gasteiger charge is 2.23. The molecule has 0 aliphatic rings. The molecule has 0 saturated heterocycles. The Bertz CT molecular complexity index is 964. The predicted molar refractivity (Wildman–Crippen MR) is 108 cm³/mol. The summed E-state index contributed by atoms with van der Waals surface area (Å²) >= 11 is 7.47. The first-order valence-corrected chi connectivity index (χ1v) is 9.99. The van der Waals surface area contributed by atoms with E-state index in [0.717, 1.165) is 4.70 Å². The van der Waals surface area contributed by atoms with Crippen molar-refractivity contribution in [2.45, 2.75) is 38.8 Å². The molecule has 1 amide bonds. The van der Waals surface area contributed by atoms with Gasteiger partial charge in [-0.1, -0.05) is 35.9 Å². The molecule has 0 saturated carbocycles. The van der Waals surface area contributed by atoms with Crippen LogP contribution in [0.25, 0.3) is 10.2 Å². The van der Waals surface area contributed by atoms with Crippen LogP contribution in [0.3, 0.4) is 0 Å². The van der Waals surface area contributed by atoms with Gasteiger partial charge in [-0.2, -0.15) is 0 Å². The monoisotopic (exact) mass is 422 g/mol. The molecule has 0 aliphatic heterocycles. The molecule has 2 heterocycles. The van der Waals surface area contributed by atoms with Gasteiger partial charge in [0.05, 0.1) is 15.9 Å². The summed E-state index contributed by atoms with van der Waals surface area (Å²) in [4.78, 5) is 19.4. The molecule has 1 aromatic carbocycles. The molecule has 0 radical (unpaired) electrons. The number of thiazole rings is 1. The second-order valence-corrected chi connectivity index (χ2v) is 7.80. The summed E-state index contributed by atoms with van der Waals surface area (Å²) in [7, 11) is 0. The molecular weight excluding hydrogens is 403 g/mol. The van der Waals surface area contributed by atoms with Gasteiger partial charge in [-0.25, -0.2) is 9.37 Å². The zero-order chi connectivity index (χ0) is 20.3. The molecule has 3 aromatic rings. The number of nitrogens with one attached hydrogen (secondary N) is 1. The summed E-state index contributed by atoms with van der Waals surface area (Å²) in [5.41, 5.74) is 6.31. The largest absolute Gasteiger partial charge is 0.426 e. The predicted octanol–water partition coefficient (Wildman–Crippen LogP) is 4.58. The summed E-state index contributed by atoms with van der Waals surface area (Å²) in [6, 6.07) is 4.50. The SMILES string of the molecule is CC[C@@H](N[C@@H](C)CC(N)=O)c1ccc(Cl)c(Oc2nc3cnccc3s2)c1F. The highest BCUT2D eigenvalue weighted by atomic mass is 35.5. The van der Waals surface area contributed by atoms with Gasteiger partial charge in [0.1, 0.15) is 5.52 Å². The minimum absolute atomic E-state index is 0.0750. The van der Waals surface area contributed by atoms with Gasteiger partial charge in [0, 0.05) is 30.3 Å². The first-order valence-electron chi connectivity index (χ1n) is 8.79. The summed E-state index contributed by atoms with van der Waals surface area (Å²) in [6.45, 7) is 3.75.